The van der Waals surface area contributed by atoms with Crippen molar-refractivity contribution in [3.05, 3.63) is 71.0 Å². The molecule has 0 fully saturated rings. The summed E-state index contributed by atoms with van der Waals surface area (Å²) >= 11 is 0. The zero-order valence-electron chi connectivity index (χ0n) is 13.3. The van der Waals surface area contributed by atoms with Crippen molar-refractivity contribution in [1.29, 1.82) is 0 Å². The van der Waals surface area contributed by atoms with Crippen LogP contribution in [0, 0.1) is 0 Å². The molecule has 0 atom stereocenters. The quantitative estimate of drug-likeness (QED) is 0.729. The van der Waals surface area contributed by atoms with Crippen LogP contribution in [0.15, 0.2) is 70.4 Å². The van der Waals surface area contributed by atoms with E-state index in [1.54, 1.807) is 42.5 Å². The third-order valence-corrected chi connectivity index (χ3v) is 4.86. The van der Waals surface area contributed by atoms with Crippen LogP contribution in [-0.4, -0.2) is 25.7 Å². The molecule has 25 heavy (non-hydrogen) atoms. The molecule has 0 saturated heterocycles. The monoisotopic (exact) mass is 357 g/mol. The fourth-order valence-corrected chi connectivity index (χ4v) is 3.27. The molecule has 0 aliphatic heterocycles. The molecule has 1 aromatic heterocycles. The van der Waals surface area contributed by atoms with E-state index in [0.717, 1.165) is 0 Å². The summed E-state index contributed by atoms with van der Waals surface area (Å²) in [7, 11) is -2.22. The van der Waals surface area contributed by atoms with Crippen LogP contribution in [0.1, 0.15) is 0 Å². The van der Waals surface area contributed by atoms with Gasteiger partial charge < -0.3 is 4.74 Å². The first-order valence-electron chi connectivity index (χ1n) is 7.31. The van der Waals surface area contributed by atoms with Gasteiger partial charge in [-0.25, -0.2) is 13.5 Å². The van der Waals surface area contributed by atoms with Crippen LogP contribution < -0.4 is 15.0 Å². The number of sulfonamides is 1. The summed E-state index contributed by atoms with van der Waals surface area (Å²) in [6.07, 6.45) is 0. The van der Waals surface area contributed by atoms with Gasteiger partial charge in [0.1, 0.15) is 5.75 Å². The third-order valence-electron chi connectivity index (χ3n) is 3.46. The van der Waals surface area contributed by atoms with Crippen molar-refractivity contribution >= 4 is 15.7 Å². The SMILES string of the molecule is COc1ccc(S(=O)(=O)Nc2cccc(-c3ccc(=O)[nH]n3)c2)cc1. The molecule has 7 nitrogen and oxygen atoms in total. The molecule has 0 unspecified atom stereocenters. The Labute approximate surface area is 144 Å². The largest absolute Gasteiger partial charge is 0.497 e. The second kappa shape index (κ2) is 6.78. The van der Waals surface area contributed by atoms with Crippen molar-refractivity contribution in [3.63, 3.8) is 0 Å². The highest BCUT2D eigenvalue weighted by Crippen LogP contribution is 2.23. The summed E-state index contributed by atoms with van der Waals surface area (Å²) in [4.78, 5) is 11.2. The van der Waals surface area contributed by atoms with E-state index in [1.165, 1.54) is 25.3 Å². The van der Waals surface area contributed by atoms with Gasteiger partial charge in [-0.3, -0.25) is 9.52 Å². The van der Waals surface area contributed by atoms with Crippen molar-refractivity contribution in [2.75, 3.05) is 11.8 Å². The van der Waals surface area contributed by atoms with Gasteiger partial charge in [0, 0.05) is 17.3 Å². The highest BCUT2D eigenvalue weighted by molar-refractivity contribution is 7.92. The Kier molecular flexibility index (Phi) is 4.53. The molecule has 2 N–H and O–H groups in total. The molecule has 3 rings (SSSR count). The van der Waals surface area contributed by atoms with E-state index < -0.39 is 10.0 Å². The Balaban J connectivity index is 1.88. The second-order valence-corrected chi connectivity index (χ2v) is 6.85. The first-order valence-corrected chi connectivity index (χ1v) is 8.79. The molecule has 128 valence electrons. The van der Waals surface area contributed by atoms with Crippen LogP contribution in [0.25, 0.3) is 11.3 Å². The molecule has 0 bridgehead atoms. The summed E-state index contributed by atoms with van der Waals surface area (Å²) in [5.41, 5.74) is 1.29. The van der Waals surface area contributed by atoms with Crippen LogP contribution >= 0.6 is 0 Å². The molecule has 0 radical (unpaired) electrons. The first kappa shape index (κ1) is 16.7. The maximum absolute atomic E-state index is 12.5. The van der Waals surface area contributed by atoms with Crippen LogP contribution in [0.5, 0.6) is 5.75 Å². The van der Waals surface area contributed by atoms with E-state index >= 15 is 0 Å². The molecular weight excluding hydrogens is 342 g/mol. The van der Waals surface area contributed by atoms with Crippen molar-refractivity contribution in [1.82, 2.24) is 10.2 Å². The fraction of sp³-hybridized carbons (Fsp3) is 0.0588. The summed E-state index contributed by atoms with van der Waals surface area (Å²) in [5.74, 6) is 0.574. The van der Waals surface area contributed by atoms with Gasteiger partial charge in [-0.05, 0) is 42.5 Å². The van der Waals surface area contributed by atoms with Gasteiger partial charge in [0.25, 0.3) is 15.6 Å². The highest BCUT2D eigenvalue weighted by atomic mass is 32.2. The van der Waals surface area contributed by atoms with E-state index in [1.807, 2.05) is 0 Å². The predicted molar refractivity (Wildman–Crippen MR) is 94.1 cm³/mol. The van der Waals surface area contributed by atoms with Gasteiger partial charge in [-0.15, -0.1) is 0 Å². The summed E-state index contributed by atoms with van der Waals surface area (Å²) in [6, 6.07) is 15.8. The Morgan fingerprint density at radius 1 is 1.04 bits per heavy atom. The highest BCUT2D eigenvalue weighted by Gasteiger charge is 2.14. The number of ether oxygens (including phenoxy) is 1. The molecule has 8 heteroatoms. The zero-order chi connectivity index (χ0) is 17.9. The van der Waals surface area contributed by atoms with Crippen molar-refractivity contribution in [3.8, 4) is 17.0 Å². The van der Waals surface area contributed by atoms with Gasteiger partial charge in [0.2, 0.25) is 0 Å². The minimum atomic E-state index is -3.73. The molecule has 1 heterocycles. The van der Waals surface area contributed by atoms with Crippen molar-refractivity contribution in [2.24, 2.45) is 0 Å². The topological polar surface area (TPSA) is 101 Å². The van der Waals surface area contributed by atoms with E-state index in [0.29, 0.717) is 22.7 Å². The normalized spacial score (nSPS) is 11.1. The maximum atomic E-state index is 12.5. The summed E-state index contributed by atoms with van der Waals surface area (Å²) in [6.45, 7) is 0. The minimum Gasteiger partial charge on any atom is -0.497 e. The Morgan fingerprint density at radius 2 is 1.80 bits per heavy atom. The molecule has 2 aromatic carbocycles. The zero-order valence-corrected chi connectivity index (χ0v) is 14.1. The molecule has 0 saturated carbocycles. The van der Waals surface area contributed by atoms with Gasteiger partial charge >= 0.3 is 0 Å². The second-order valence-electron chi connectivity index (χ2n) is 5.17. The molecule has 3 aromatic rings. The summed E-state index contributed by atoms with van der Waals surface area (Å²) in [5, 5.41) is 6.28. The molecule has 0 aliphatic carbocycles. The number of rotatable bonds is 5. The third kappa shape index (κ3) is 3.86. The number of aromatic nitrogens is 2. The van der Waals surface area contributed by atoms with Crippen LogP contribution in [0.2, 0.25) is 0 Å². The Hall–Kier alpha value is -3.13. The van der Waals surface area contributed by atoms with E-state index in [-0.39, 0.29) is 10.5 Å². The minimum absolute atomic E-state index is 0.126. The number of nitrogens with zero attached hydrogens (tertiary/aromatic N) is 1. The van der Waals surface area contributed by atoms with Gasteiger partial charge in [0.15, 0.2) is 0 Å². The van der Waals surface area contributed by atoms with Gasteiger partial charge in [0.05, 0.1) is 17.7 Å². The van der Waals surface area contributed by atoms with Crippen molar-refractivity contribution < 1.29 is 13.2 Å². The number of benzene rings is 2. The Morgan fingerprint density at radius 3 is 2.44 bits per heavy atom. The van der Waals surface area contributed by atoms with E-state index in [9.17, 15) is 13.2 Å². The average Bonchev–Trinajstić information content (AvgIpc) is 2.62. The van der Waals surface area contributed by atoms with Crippen molar-refractivity contribution in [2.45, 2.75) is 4.90 Å². The van der Waals surface area contributed by atoms with Crippen LogP contribution in [0.4, 0.5) is 5.69 Å². The smallest absolute Gasteiger partial charge is 0.264 e. The lowest BCUT2D eigenvalue weighted by Gasteiger charge is -2.10. The lowest BCUT2D eigenvalue weighted by Crippen LogP contribution is -2.13. The van der Waals surface area contributed by atoms with Gasteiger partial charge in [-0.2, -0.15) is 5.10 Å². The number of aromatic amines is 1. The van der Waals surface area contributed by atoms with Gasteiger partial charge in [-0.1, -0.05) is 12.1 Å². The Bertz CT molecular complexity index is 1020. The number of methoxy groups -OCH3 is 1. The molecule has 0 spiro atoms. The first-order chi connectivity index (χ1) is 12.0. The number of hydrogen-bond donors (Lipinski definition) is 2. The van der Waals surface area contributed by atoms with Crippen LogP contribution in [0.3, 0.4) is 0 Å². The lowest BCUT2D eigenvalue weighted by atomic mass is 10.1. The summed E-state index contributed by atoms with van der Waals surface area (Å²) < 4.78 is 32.5. The predicted octanol–water partition coefficient (Wildman–Crippen LogP) is 2.25. The van der Waals surface area contributed by atoms with E-state index in [2.05, 4.69) is 14.9 Å². The fourth-order valence-electron chi connectivity index (χ4n) is 2.22. The number of anilines is 1. The number of H-pyrrole nitrogens is 1. The average molecular weight is 357 g/mol. The molecule has 0 aliphatic rings. The number of nitrogens with one attached hydrogen (secondary N) is 2. The standard InChI is InChI=1S/C17H15N3O4S/c1-24-14-5-7-15(8-6-14)25(22,23)20-13-4-2-3-12(11-13)16-9-10-17(21)19-18-16/h2-11,20H,1H3,(H,19,21). The molecule has 0 amide bonds. The lowest BCUT2D eigenvalue weighted by molar-refractivity contribution is 0.414. The van der Waals surface area contributed by atoms with E-state index in [4.69, 9.17) is 4.74 Å². The van der Waals surface area contributed by atoms with Crippen LogP contribution in [-0.2, 0) is 10.0 Å². The molecular formula is C17H15N3O4S. The maximum Gasteiger partial charge on any atom is 0.264 e. The number of hydrogen-bond acceptors (Lipinski definition) is 5.